The number of aryl methyl sites for hydroxylation is 1. The zero-order valence-corrected chi connectivity index (χ0v) is 13.5. The van der Waals surface area contributed by atoms with E-state index in [0.717, 1.165) is 24.8 Å². The molecule has 0 aliphatic rings. The van der Waals surface area contributed by atoms with Crippen molar-refractivity contribution < 1.29 is 14.3 Å². The Morgan fingerprint density at radius 3 is 2.61 bits per heavy atom. The second-order valence-electron chi connectivity index (χ2n) is 5.43. The van der Waals surface area contributed by atoms with Crippen LogP contribution >= 0.6 is 0 Å². The highest BCUT2D eigenvalue weighted by Crippen LogP contribution is 2.22. The van der Waals surface area contributed by atoms with Gasteiger partial charge in [0.05, 0.1) is 5.56 Å². The molecule has 0 unspecified atom stereocenters. The van der Waals surface area contributed by atoms with Gasteiger partial charge in [-0.3, -0.25) is 14.6 Å². The fourth-order valence-electron chi connectivity index (χ4n) is 2.29. The minimum atomic E-state index is -0.309. The minimum Gasteiger partial charge on any atom is -0.426 e. The number of ketones is 1. The first-order valence-corrected chi connectivity index (χ1v) is 7.89. The van der Waals surface area contributed by atoms with Crippen LogP contribution in [0.15, 0.2) is 42.6 Å². The predicted molar refractivity (Wildman–Crippen MR) is 88.6 cm³/mol. The molecule has 0 radical (unpaired) electrons. The molecule has 4 nitrogen and oxygen atoms in total. The highest BCUT2D eigenvalue weighted by molar-refractivity contribution is 6.10. The van der Waals surface area contributed by atoms with E-state index < -0.39 is 0 Å². The van der Waals surface area contributed by atoms with Gasteiger partial charge < -0.3 is 4.74 Å². The molecule has 23 heavy (non-hydrogen) atoms. The van der Waals surface area contributed by atoms with Crippen LogP contribution in [0.25, 0.3) is 0 Å². The standard InChI is InChI=1S/C19H21NO3/c1-3-4-5-12-17(21)23-16-11-7-6-10-15(16)19(22)18-14(2)9-8-13-20-18/h6-11,13H,3-5,12H2,1-2H3. The van der Waals surface area contributed by atoms with E-state index in [-0.39, 0.29) is 11.8 Å². The maximum Gasteiger partial charge on any atom is 0.311 e. The van der Waals surface area contributed by atoms with Gasteiger partial charge in [-0.2, -0.15) is 0 Å². The van der Waals surface area contributed by atoms with Crippen molar-refractivity contribution in [3.05, 3.63) is 59.4 Å². The molecule has 0 saturated heterocycles. The zero-order valence-electron chi connectivity index (χ0n) is 13.5. The first-order chi connectivity index (χ1) is 11.1. The Balaban J connectivity index is 2.19. The summed E-state index contributed by atoms with van der Waals surface area (Å²) < 4.78 is 5.39. The van der Waals surface area contributed by atoms with Gasteiger partial charge in [-0.15, -0.1) is 0 Å². The summed E-state index contributed by atoms with van der Waals surface area (Å²) in [4.78, 5) is 28.7. The molecule has 0 spiro atoms. The third kappa shape index (κ3) is 4.49. The molecule has 0 saturated carbocycles. The molecule has 0 N–H and O–H groups in total. The lowest BCUT2D eigenvalue weighted by Gasteiger charge is -2.10. The number of nitrogens with zero attached hydrogens (tertiary/aromatic N) is 1. The summed E-state index contributed by atoms with van der Waals surface area (Å²) in [5.41, 5.74) is 1.53. The van der Waals surface area contributed by atoms with E-state index >= 15 is 0 Å². The molecular formula is C19H21NO3. The van der Waals surface area contributed by atoms with E-state index in [0.29, 0.717) is 23.4 Å². The largest absolute Gasteiger partial charge is 0.426 e. The Hall–Kier alpha value is -2.49. The Morgan fingerprint density at radius 2 is 1.87 bits per heavy atom. The van der Waals surface area contributed by atoms with Crippen molar-refractivity contribution >= 4 is 11.8 Å². The van der Waals surface area contributed by atoms with Gasteiger partial charge in [-0.1, -0.05) is 38.0 Å². The van der Waals surface area contributed by atoms with Crippen molar-refractivity contribution in [2.24, 2.45) is 0 Å². The number of hydrogen-bond acceptors (Lipinski definition) is 4. The number of carbonyl (C=O) groups excluding carboxylic acids is 2. The summed E-state index contributed by atoms with van der Waals surface area (Å²) in [6.45, 7) is 3.91. The van der Waals surface area contributed by atoms with Crippen LogP contribution in [-0.4, -0.2) is 16.7 Å². The van der Waals surface area contributed by atoms with Crippen LogP contribution in [0.4, 0.5) is 0 Å². The molecule has 4 heteroatoms. The van der Waals surface area contributed by atoms with Crippen LogP contribution in [-0.2, 0) is 4.79 Å². The molecule has 2 aromatic rings. The number of rotatable bonds is 7. The van der Waals surface area contributed by atoms with E-state index in [4.69, 9.17) is 4.74 Å². The van der Waals surface area contributed by atoms with Gasteiger partial charge in [0.15, 0.2) is 0 Å². The number of para-hydroxylation sites is 1. The van der Waals surface area contributed by atoms with E-state index in [2.05, 4.69) is 11.9 Å². The molecule has 120 valence electrons. The lowest BCUT2D eigenvalue weighted by Crippen LogP contribution is -2.13. The van der Waals surface area contributed by atoms with Crippen molar-refractivity contribution in [1.29, 1.82) is 0 Å². The maximum absolute atomic E-state index is 12.7. The van der Waals surface area contributed by atoms with Gasteiger partial charge >= 0.3 is 5.97 Å². The van der Waals surface area contributed by atoms with Crippen LogP contribution in [0.3, 0.4) is 0 Å². The number of aromatic nitrogens is 1. The summed E-state index contributed by atoms with van der Waals surface area (Å²) in [5, 5.41) is 0. The van der Waals surface area contributed by atoms with E-state index in [1.165, 1.54) is 0 Å². The van der Waals surface area contributed by atoms with Crippen LogP contribution in [0.2, 0.25) is 0 Å². The maximum atomic E-state index is 12.7. The smallest absolute Gasteiger partial charge is 0.311 e. The zero-order chi connectivity index (χ0) is 16.7. The number of ether oxygens (including phenoxy) is 1. The first kappa shape index (κ1) is 16.9. The number of pyridine rings is 1. The monoisotopic (exact) mass is 311 g/mol. The molecule has 1 aromatic carbocycles. The third-order valence-corrected chi connectivity index (χ3v) is 3.56. The second kappa shape index (κ2) is 8.22. The average Bonchev–Trinajstić information content (AvgIpc) is 2.55. The summed E-state index contributed by atoms with van der Waals surface area (Å²) in [6.07, 6.45) is 4.77. The van der Waals surface area contributed by atoms with Gasteiger partial charge in [0.2, 0.25) is 5.78 Å². The van der Waals surface area contributed by atoms with Crippen molar-refractivity contribution in [2.45, 2.75) is 39.5 Å². The Kier molecular flexibility index (Phi) is 6.03. The van der Waals surface area contributed by atoms with Crippen LogP contribution in [0, 0.1) is 6.92 Å². The molecule has 1 aromatic heterocycles. The Morgan fingerprint density at radius 1 is 1.09 bits per heavy atom. The fraction of sp³-hybridized carbons (Fsp3) is 0.316. The van der Waals surface area contributed by atoms with Gasteiger partial charge in [0, 0.05) is 12.6 Å². The van der Waals surface area contributed by atoms with Crippen LogP contribution in [0.5, 0.6) is 5.75 Å². The molecule has 0 bridgehead atoms. The number of unbranched alkanes of at least 4 members (excludes halogenated alkanes) is 2. The highest BCUT2D eigenvalue weighted by Gasteiger charge is 2.18. The second-order valence-corrected chi connectivity index (χ2v) is 5.43. The van der Waals surface area contributed by atoms with Gasteiger partial charge in [0.1, 0.15) is 11.4 Å². The van der Waals surface area contributed by atoms with E-state index in [1.807, 2.05) is 13.0 Å². The van der Waals surface area contributed by atoms with E-state index in [9.17, 15) is 9.59 Å². The SMILES string of the molecule is CCCCCC(=O)Oc1ccccc1C(=O)c1ncccc1C. The molecule has 0 aliphatic carbocycles. The fourth-order valence-corrected chi connectivity index (χ4v) is 2.29. The van der Waals surface area contributed by atoms with Crippen molar-refractivity contribution in [3.63, 3.8) is 0 Å². The molecule has 0 atom stereocenters. The topological polar surface area (TPSA) is 56.3 Å². The third-order valence-electron chi connectivity index (χ3n) is 3.56. The average molecular weight is 311 g/mol. The Bertz CT molecular complexity index is 695. The molecular weight excluding hydrogens is 290 g/mol. The molecule has 2 rings (SSSR count). The van der Waals surface area contributed by atoms with Crippen molar-refractivity contribution in [1.82, 2.24) is 4.98 Å². The quantitative estimate of drug-likeness (QED) is 0.334. The number of carbonyl (C=O) groups is 2. The van der Waals surface area contributed by atoms with Crippen molar-refractivity contribution in [3.8, 4) is 5.75 Å². The number of hydrogen-bond donors (Lipinski definition) is 0. The number of esters is 1. The predicted octanol–water partition coefficient (Wildman–Crippen LogP) is 4.11. The molecule has 0 aliphatic heterocycles. The lowest BCUT2D eigenvalue weighted by molar-refractivity contribution is -0.134. The minimum absolute atomic E-state index is 0.236. The van der Waals surface area contributed by atoms with Crippen LogP contribution in [0.1, 0.15) is 54.2 Å². The van der Waals surface area contributed by atoms with Gasteiger partial charge in [-0.25, -0.2) is 0 Å². The molecule has 1 heterocycles. The van der Waals surface area contributed by atoms with E-state index in [1.54, 1.807) is 36.5 Å². The van der Waals surface area contributed by atoms with Gasteiger partial charge in [-0.05, 0) is 37.1 Å². The summed E-state index contributed by atoms with van der Waals surface area (Å²) >= 11 is 0. The normalized spacial score (nSPS) is 10.3. The summed E-state index contributed by atoms with van der Waals surface area (Å²) in [7, 11) is 0. The molecule has 0 amide bonds. The van der Waals surface area contributed by atoms with Crippen molar-refractivity contribution in [2.75, 3.05) is 0 Å². The highest BCUT2D eigenvalue weighted by atomic mass is 16.5. The Labute approximate surface area is 136 Å². The number of benzene rings is 1. The first-order valence-electron chi connectivity index (χ1n) is 7.89. The van der Waals surface area contributed by atoms with Crippen LogP contribution < -0.4 is 4.74 Å². The summed E-state index contributed by atoms with van der Waals surface area (Å²) in [5.74, 6) is -0.249. The lowest BCUT2D eigenvalue weighted by atomic mass is 10.0. The molecule has 0 fully saturated rings. The summed E-state index contributed by atoms with van der Waals surface area (Å²) in [6, 6.07) is 10.4. The van der Waals surface area contributed by atoms with Gasteiger partial charge in [0.25, 0.3) is 0 Å².